The maximum absolute atomic E-state index is 12.5. The van der Waals surface area contributed by atoms with Gasteiger partial charge in [-0.15, -0.1) is 10.2 Å². The van der Waals surface area contributed by atoms with Gasteiger partial charge in [0.2, 0.25) is 5.88 Å². The topological polar surface area (TPSA) is 81.9 Å². The first-order valence-corrected chi connectivity index (χ1v) is 8.05. The summed E-state index contributed by atoms with van der Waals surface area (Å²) in [5.74, 6) is 0.220. The predicted molar refractivity (Wildman–Crippen MR) is 93.9 cm³/mol. The van der Waals surface area contributed by atoms with Crippen molar-refractivity contribution in [2.75, 3.05) is 5.32 Å². The van der Waals surface area contributed by atoms with Crippen LogP contribution in [0.1, 0.15) is 30.6 Å². The zero-order chi connectivity index (χ0) is 17.6. The van der Waals surface area contributed by atoms with Gasteiger partial charge >= 0.3 is 0 Å². The molecule has 1 aromatic carbocycles. The van der Waals surface area contributed by atoms with Gasteiger partial charge in [0.1, 0.15) is 12.7 Å². The molecule has 0 bridgehead atoms. The fourth-order valence-corrected chi connectivity index (χ4v) is 2.19. The summed E-state index contributed by atoms with van der Waals surface area (Å²) in [4.78, 5) is 16.6. The molecule has 1 N–H and O–H groups in total. The third kappa shape index (κ3) is 4.20. The molecule has 3 rings (SSSR count). The number of anilines is 1. The number of hydrogen-bond donors (Lipinski definition) is 1. The van der Waals surface area contributed by atoms with Crippen molar-refractivity contribution < 1.29 is 9.53 Å². The first-order chi connectivity index (χ1) is 12.2. The van der Waals surface area contributed by atoms with E-state index in [-0.39, 0.29) is 12.0 Å². The lowest BCUT2D eigenvalue weighted by Crippen LogP contribution is -2.14. The van der Waals surface area contributed by atoms with Crippen LogP contribution in [0.25, 0.3) is 5.69 Å². The van der Waals surface area contributed by atoms with Gasteiger partial charge in [-0.3, -0.25) is 9.36 Å². The third-order valence-electron chi connectivity index (χ3n) is 3.71. The molecule has 128 valence electrons. The molecule has 2 aromatic heterocycles. The van der Waals surface area contributed by atoms with Crippen molar-refractivity contribution in [1.29, 1.82) is 0 Å². The number of nitrogens with one attached hydrogen (secondary N) is 1. The minimum atomic E-state index is -0.225. The molecule has 0 fully saturated rings. The van der Waals surface area contributed by atoms with E-state index in [0.717, 1.165) is 12.1 Å². The van der Waals surface area contributed by atoms with Crippen molar-refractivity contribution in [3.05, 3.63) is 60.8 Å². The first kappa shape index (κ1) is 16.6. The summed E-state index contributed by atoms with van der Waals surface area (Å²) in [6.45, 7) is 3.99. The van der Waals surface area contributed by atoms with E-state index in [2.05, 4.69) is 20.5 Å². The Hall–Kier alpha value is -3.22. The molecule has 0 aliphatic carbocycles. The summed E-state index contributed by atoms with van der Waals surface area (Å²) in [6.07, 6.45) is 5.69. The number of pyridine rings is 1. The van der Waals surface area contributed by atoms with E-state index in [1.54, 1.807) is 35.6 Å². The smallest absolute Gasteiger partial charge is 0.255 e. The molecule has 0 radical (unpaired) electrons. The maximum Gasteiger partial charge on any atom is 0.255 e. The van der Waals surface area contributed by atoms with Crippen molar-refractivity contribution in [2.45, 2.75) is 26.4 Å². The normalized spacial score (nSPS) is 11.8. The van der Waals surface area contributed by atoms with E-state index in [0.29, 0.717) is 17.1 Å². The van der Waals surface area contributed by atoms with Gasteiger partial charge in [-0.1, -0.05) is 13.0 Å². The highest BCUT2D eigenvalue weighted by atomic mass is 16.5. The first-order valence-electron chi connectivity index (χ1n) is 8.05. The largest absolute Gasteiger partial charge is 0.475 e. The van der Waals surface area contributed by atoms with Crippen LogP contribution in [-0.4, -0.2) is 31.8 Å². The summed E-state index contributed by atoms with van der Waals surface area (Å²) >= 11 is 0. The lowest BCUT2D eigenvalue weighted by atomic mass is 10.2. The molecule has 2 heterocycles. The molecule has 1 atom stereocenters. The average Bonchev–Trinajstić information content (AvgIpc) is 3.17. The molecule has 7 nitrogen and oxygen atoms in total. The molecular weight excluding hydrogens is 318 g/mol. The number of nitrogens with zero attached hydrogens (tertiary/aromatic N) is 4. The highest BCUT2D eigenvalue weighted by molar-refractivity contribution is 6.04. The van der Waals surface area contributed by atoms with E-state index < -0.39 is 0 Å². The Kier molecular flexibility index (Phi) is 5.03. The Morgan fingerprint density at radius 3 is 2.80 bits per heavy atom. The number of rotatable bonds is 6. The van der Waals surface area contributed by atoms with Crippen LogP contribution < -0.4 is 10.1 Å². The van der Waals surface area contributed by atoms with Crippen LogP contribution in [0.2, 0.25) is 0 Å². The van der Waals surface area contributed by atoms with Crippen LogP contribution in [0.15, 0.2) is 55.2 Å². The van der Waals surface area contributed by atoms with Crippen LogP contribution in [0.4, 0.5) is 5.69 Å². The highest BCUT2D eigenvalue weighted by Gasteiger charge is 2.10. The molecule has 0 saturated carbocycles. The van der Waals surface area contributed by atoms with Gasteiger partial charge in [0.25, 0.3) is 5.91 Å². The van der Waals surface area contributed by atoms with E-state index in [1.165, 1.54) is 0 Å². The van der Waals surface area contributed by atoms with Crippen molar-refractivity contribution >= 4 is 11.6 Å². The minimum absolute atomic E-state index is 0.0475. The second-order valence-corrected chi connectivity index (χ2v) is 5.59. The van der Waals surface area contributed by atoms with Gasteiger partial charge in [0, 0.05) is 23.5 Å². The van der Waals surface area contributed by atoms with Gasteiger partial charge in [0.05, 0.1) is 11.8 Å². The van der Waals surface area contributed by atoms with Crippen molar-refractivity contribution in [3.8, 4) is 11.6 Å². The summed E-state index contributed by atoms with van der Waals surface area (Å²) in [7, 11) is 0. The third-order valence-corrected chi connectivity index (χ3v) is 3.71. The number of hydrogen-bond acceptors (Lipinski definition) is 5. The predicted octanol–water partition coefficient (Wildman–Crippen LogP) is 3.09. The number of aromatic nitrogens is 4. The Balaban J connectivity index is 1.74. The Labute approximate surface area is 145 Å². The van der Waals surface area contributed by atoms with Crippen molar-refractivity contribution in [3.63, 3.8) is 0 Å². The molecular formula is C18H19N5O2. The number of benzene rings is 1. The van der Waals surface area contributed by atoms with Gasteiger partial charge in [-0.25, -0.2) is 4.98 Å². The van der Waals surface area contributed by atoms with E-state index in [4.69, 9.17) is 4.74 Å². The SMILES string of the molecule is CC[C@@H](C)Oc1cc(C(=O)Nc2cccc(-n3cnnc3)c2)ccn1. The standard InChI is InChI=1S/C18H19N5O2/c1-3-13(2)25-17-9-14(7-8-19-17)18(24)22-15-5-4-6-16(10-15)23-11-20-21-12-23/h4-13H,3H2,1-2H3,(H,22,24)/t13-/m1/s1. The van der Waals surface area contributed by atoms with Crippen molar-refractivity contribution in [1.82, 2.24) is 19.7 Å². The summed E-state index contributed by atoms with van der Waals surface area (Å²) < 4.78 is 7.43. The maximum atomic E-state index is 12.5. The van der Waals surface area contributed by atoms with Gasteiger partial charge in [-0.2, -0.15) is 0 Å². The number of amides is 1. The molecule has 0 aliphatic heterocycles. The second kappa shape index (κ2) is 7.57. The van der Waals surface area contributed by atoms with Crippen LogP contribution in [-0.2, 0) is 0 Å². The lowest BCUT2D eigenvalue weighted by Gasteiger charge is -2.12. The average molecular weight is 337 g/mol. The fourth-order valence-electron chi connectivity index (χ4n) is 2.19. The number of ether oxygens (including phenoxy) is 1. The summed E-state index contributed by atoms with van der Waals surface area (Å²) in [6, 6.07) is 10.7. The van der Waals surface area contributed by atoms with Crippen LogP contribution in [0, 0.1) is 0 Å². The highest BCUT2D eigenvalue weighted by Crippen LogP contribution is 2.17. The van der Waals surface area contributed by atoms with Crippen molar-refractivity contribution in [2.24, 2.45) is 0 Å². The van der Waals surface area contributed by atoms with E-state index in [9.17, 15) is 4.79 Å². The Bertz CT molecular complexity index is 848. The van der Waals surface area contributed by atoms with Gasteiger partial charge in [-0.05, 0) is 37.6 Å². The zero-order valence-corrected chi connectivity index (χ0v) is 14.1. The molecule has 0 saturated heterocycles. The molecule has 25 heavy (non-hydrogen) atoms. The van der Waals surface area contributed by atoms with E-state index in [1.807, 2.05) is 38.1 Å². The molecule has 1 amide bonds. The second-order valence-electron chi connectivity index (χ2n) is 5.59. The number of carbonyl (C=O) groups excluding carboxylic acids is 1. The Morgan fingerprint density at radius 1 is 1.24 bits per heavy atom. The molecule has 7 heteroatoms. The molecule has 0 aliphatic rings. The monoisotopic (exact) mass is 337 g/mol. The zero-order valence-electron chi connectivity index (χ0n) is 14.1. The fraction of sp³-hybridized carbons (Fsp3) is 0.222. The molecule has 0 unspecified atom stereocenters. The summed E-state index contributed by atoms with van der Waals surface area (Å²) in [5.41, 5.74) is 2.03. The van der Waals surface area contributed by atoms with Crippen LogP contribution in [0.3, 0.4) is 0 Å². The van der Waals surface area contributed by atoms with Gasteiger partial charge < -0.3 is 10.1 Å². The Morgan fingerprint density at radius 2 is 2.04 bits per heavy atom. The van der Waals surface area contributed by atoms with Crippen LogP contribution in [0.5, 0.6) is 5.88 Å². The minimum Gasteiger partial charge on any atom is -0.475 e. The van der Waals surface area contributed by atoms with Gasteiger partial charge in [0.15, 0.2) is 0 Å². The number of carbonyl (C=O) groups is 1. The summed E-state index contributed by atoms with van der Waals surface area (Å²) in [5, 5.41) is 10.4. The molecule has 3 aromatic rings. The lowest BCUT2D eigenvalue weighted by molar-refractivity contribution is 0.102. The van der Waals surface area contributed by atoms with E-state index >= 15 is 0 Å². The molecule has 0 spiro atoms. The van der Waals surface area contributed by atoms with Crippen LogP contribution >= 0.6 is 0 Å². The quantitative estimate of drug-likeness (QED) is 0.747.